The van der Waals surface area contributed by atoms with Crippen LogP contribution in [0.2, 0.25) is 0 Å². The zero-order valence-electron chi connectivity index (χ0n) is 14.3. The predicted molar refractivity (Wildman–Crippen MR) is 96.0 cm³/mol. The predicted octanol–water partition coefficient (Wildman–Crippen LogP) is 5.12. The molecule has 0 fully saturated rings. The number of H-pyrrole nitrogens is 1. The van der Waals surface area contributed by atoms with Crippen molar-refractivity contribution in [1.82, 2.24) is 15.1 Å². The van der Waals surface area contributed by atoms with Gasteiger partial charge in [0.15, 0.2) is 0 Å². The zero-order chi connectivity index (χ0) is 16.8. The SMILES string of the molecule is Cc1ccc(-c2nc(-c3c(C)noc3C)cc3[nH]c(C)cc23)cc1. The molecule has 120 valence electrons. The standard InChI is InChI=1S/C20H19N3O/c1-11-5-7-15(8-6-11)20-16-9-12(2)21-17(16)10-18(22-20)19-13(3)23-24-14(19)4/h5-10,21H,1-4H3. The van der Waals surface area contributed by atoms with Crippen molar-refractivity contribution in [3.63, 3.8) is 0 Å². The summed E-state index contributed by atoms with van der Waals surface area (Å²) in [7, 11) is 0. The van der Waals surface area contributed by atoms with E-state index in [0.717, 1.165) is 50.6 Å². The monoisotopic (exact) mass is 317 g/mol. The number of fused-ring (bicyclic) bond motifs is 1. The highest BCUT2D eigenvalue weighted by molar-refractivity contribution is 5.96. The minimum Gasteiger partial charge on any atom is -0.361 e. The Kier molecular flexibility index (Phi) is 3.27. The summed E-state index contributed by atoms with van der Waals surface area (Å²) in [5, 5.41) is 5.20. The third-order valence-electron chi connectivity index (χ3n) is 4.37. The topological polar surface area (TPSA) is 54.7 Å². The average Bonchev–Trinajstić information content (AvgIpc) is 3.08. The van der Waals surface area contributed by atoms with Gasteiger partial charge in [0.1, 0.15) is 5.76 Å². The van der Waals surface area contributed by atoms with Crippen LogP contribution in [-0.4, -0.2) is 15.1 Å². The second kappa shape index (κ2) is 5.34. The first-order valence-electron chi connectivity index (χ1n) is 8.03. The maximum absolute atomic E-state index is 5.33. The third kappa shape index (κ3) is 2.31. The van der Waals surface area contributed by atoms with E-state index in [2.05, 4.69) is 60.4 Å². The van der Waals surface area contributed by atoms with Gasteiger partial charge in [-0.25, -0.2) is 4.98 Å². The van der Waals surface area contributed by atoms with Gasteiger partial charge in [0.25, 0.3) is 0 Å². The average molecular weight is 317 g/mol. The number of pyridine rings is 1. The molecule has 0 atom stereocenters. The molecule has 24 heavy (non-hydrogen) atoms. The van der Waals surface area contributed by atoms with Crippen LogP contribution in [-0.2, 0) is 0 Å². The highest BCUT2D eigenvalue weighted by Gasteiger charge is 2.17. The van der Waals surface area contributed by atoms with Crippen LogP contribution in [0.5, 0.6) is 0 Å². The Bertz CT molecular complexity index is 1020. The van der Waals surface area contributed by atoms with Crippen molar-refractivity contribution in [2.45, 2.75) is 27.7 Å². The third-order valence-corrected chi connectivity index (χ3v) is 4.37. The summed E-state index contributed by atoms with van der Waals surface area (Å²) in [5.41, 5.74) is 8.24. The zero-order valence-corrected chi connectivity index (χ0v) is 14.3. The maximum atomic E-state index is 5.33. The minimum absolute atomic E-state index is 0.789. The van der Waals surface area contributed by atoms with Crippen LogP contribution in [0.3, 0.4) is 0 Å². The molecule has 0 radical (unpaired) electrons. The molecule has 0 bridgehead atoms. The lowest BCUT2D eigenvalue weighted by atomic mass is 10.0. The lowest BCUT2D eigenvalue weighted by Crippen LogP contribution is -1.92. The number of hydrogen-bond donors (Lipinski definition) is 1. The molecule has 4 aromatic rings. The molecule has 4 rings (SSSR count). The summed E-state index contributed by atoms with van der Waals surface area (Å²) >= 11 is 0. The van der Waals surface area contributed by atoms with Crippen LogP contribution < -0.4 is 0 Å². The smallest absolute Gasteiger partial charge is 0.143 e. The number of nitrogens with zero attached hydrogens (tertiary/aromatic N) is 2. The number of aromatic nitrogens is 3. The summed E-state index contributed by atoms with van der Waals surface area (Å²) in [5.74, 6) is 0.789. The highest BCUT2D eigenvalue weighted by Crippen LogP contribution is 2.33. The Morgan fingerprint density at radius 3 is 2.38 bits per heavy atom. The van der Waals surface area contributed by atoms with Gasteiger partial charge in [0.2, 0.25) is 0 Å². The van der Waals surface area contributed by atoms with Gasteiger partial charge in [-0.05, 0) is 39.8 Å². The van der Waals surface area contributed by atoms with E-state index < -0.39 is 0 Å². The van der Waals surface area contributed by atoms with Gasteiger partial charge in [0, 0.05) is 22.2 Å². The van der Waals surface area contributed by atoms with Gasteiger partial charge in [-0.15, -0.1) is 0 Å². The number of nitrogens with one attached hydrogen (secondary N) is 1. The Labute approximate surface area is 140 Å². The van der Waals surface area contributed by atoms with Crippen LogP contribution in [0, 0.1) is 27.7 Å². The molecule has 3 aromatic heterocycles. The molecular formula is C20H19N3O. The molecule has 0 aliphatic heterocycles. The Hall–Kier alpha value is -2.88. The van der Waals surface area contributed by atoms with Crippen molar-refractivity contribution in [1.29, 1.82) is 0 Å². The first-order chi connectivity index (χ1) is 11.5. The van der Waals surface area contributed by atoms with E-state index in [4.69, 9.17) is 9.51 Å². The molecule has 4 heteroatoms. The van der Waals surface area contributed by atoms with Crippen molar-refractivity contribution in [3.8, 4) is 22.5 Å². The molecule has 4 nitrogen and oxygen atoms in total. The quantitative estimate of drug-likeness (QED) is 0.558. The van der Waals surface area contributed by atoms with E-state index in [9.17, 15) is 0 Å². The lowest BCUT2D eigenvalue weighted by Gasteiger charge is -2.08. The van der Waals surface area contributed by atoms with Crippen LogP contribution in [0.1, 0.15) is 22.7 Å². The molecule has 0 unspecified atom stereocenters. The Morgan fingerprint density at radius 1 is 0.958 bits per heavy atom. The van der Waals surface area contributed by atoms with Gasteiger partial charge in [-0.2, -0.15) is 0 Å². The van der Waals surface area contributed by atoms with Gasteiger partial charge < -0.3 is 9.51 Å². The normalized spacial score (nSPS) is 11.3. The second-order valence-corrected chi connectivity index (χ2v) is 6.33. The van der Waals surface area contributed by atoms with E-state index in [-0.39, 0.29) is 0 Å². The first-order valence-corrected chi connectivity index (χ1v) is 8.03. The van der Waals surface area contributed by atoms with Gasteiger partial charge in [0.05, 0.1) is 22.6 Å². The van der Waals surface area contributed by atoms with Crippen molar-refractivity contribution < 1.29 is 4.52 Å². The van der Waals surface area contributed by atoms with E-state index in [1.54, 1.807) is 0 Å². The highest BCUT2D eigenvalue weighted by atomic mass is 16.5. The van der Waals surface area contributed by atoms with Crippen LogP contribution in [0.4, 0.5) is 0 Å². The van der Waals surface area contributed by atoms with Crippen LogP contribution >= 0.6 is 0 Å². The molecular weight excluding hydrogens is 298 g/mol. The molecule has 3 heterocycles. The number of hydrogen-bond acceptors (Lipinski definition) is 3. The fourth-order valence-electron chi connectivity index (χ4n) is 3.18. The molecule has 0 saturated heterocycles. The Morgan fingerprint density at radius 2 is 1.71 bits per heavy atom. The number of aryl methyl sites for hydroxylation is 4. The van der Waals surface area contributed by atoms with Crippen molar-refractivity contribution >= 4 is 10.9 Å². The van der Waals surface area contributed by atoms with E-state index in [1.165, 1.54) is 5.56 Å². The van der Waals surface area contributed by atoms with Gasteiger partial charge in [-0.1, -0.05) is 35.0 Å². The largest absolute Gasteiger partial charge is 0.361 e. The number of benzene rings is 1. The number of aromatic amines is 1. The summed E-state index contributed by atoms with van der Waals surface area (Å²) in [4.78, 5) is 8.39. The van der Waals surface area contributed by atoms with Gasteiger partial charge in [-0.3, -0.25) is 0 Å². The molecule has 0 amide bonds. The van der Waals surface area contributed by atoms with Crippen LogP contribution in [0.25, 0.3) is 33.4 Å². The summed E-state index contributed by atoms with van der Waals surface area (Å²) in [6, 6.07) is 12.7. The molecule has 1 N–H and O–H groups in total. The Balaban J connectivity index is 2.03. The summed E-state index contributed by atoms with van der Waals surface area (Å²) < 4.78 is 5.33. The van der Waals surface area contributed by atoms with E-state index >= 15 is 0 Å². The number of rotatable bonds is 2. The molecule has 1 aromatic carbocycles. The maximum Gasteiger partial charge on any atom is 0.143 e. The van der Waals surface area contributed by atoms with Crippen molar-refractivity contribution in [2.75, 3.05) is 0 Å². The fourth-order valence-corrected chi connectivity index (χ4v) is 3.18. The lowest BCUT2D eigenvalue weighted by molar-refractivity contribution is 0.393. The molecule has 0 aliphatic carbocycles. The molecule has 0 saturated carbocycles. The molecule has 0 spiro atoms. The van der Waals surface area contributed by atoms with Gasteiger partial charge >= 0.3 is 0 Å². The summed E-state index contributed by atoms with van der Waals surface area (Å²) in [6.45, 7) is 8.03. The van der Waals surface area contributed by atoms with Crippen LogP contribution in [0.15, 0.2) is 40.9 Å². The van der Waals surface area contributed by atoms with E-state index in [1.807, 2.05) is 13.8 Å². The second-order valence-electron chi connectivity index (χ2n) is 6.33. The first kappa shape index (κ1) is 14.7. The fraction of sp³-hybridized carbons (Fsp3) is 0.200. The molecule has 0 aliphatic rings. The van der Waals surface area contributed by atoms with Crippen molar-refractivity contribution in [3.05, 3.63) is 59.1 Å². The minimum atomic E-state index is 0.789. The summed E-state index contributed by atoms with van der Waals surface area (Å²) in [6.07, 6.45) is 0. The van der Waals surface area contributed by atoms with Crippen molar-refractivity contribution in [2.24, 2.45) is 0 Å². The van der Waals surface area contributed by atoms with E-state index in [0.29, 0.717) is 0 Å².